The highest BCUT2D eigenvalue weighted by Gasteiger charge is 2.27. The van der Waals surface area contributed by atoms with Gasteiger partial charge in [-0.2, -0.15) is 5.10 Å². The zero-order valence-electron chi connectivity index (χ0n) is 11.2. The highest BCUT2D eigenvalue weighted by Crippen LogP contribution is 2.20. The summed E-state index contributed by atoms with van der Waals surface area (Å²) < 4.78 is 1.62. The van der Waals surface area contributed by atoms with Gasteiger partial charge in [0.1, 0.15) is 0 Å². The van der Waals surface area contributed by atoms with Crippen LogP contribution in [0, 0.1) is 5.92 Å². The Labute approximate surface area is 116 Å². The highest BCUT2D eigenvalue weighted by molar-refractivity contribution is 7.12. The van der Waals surface area contributed by atoms with Crippen LogP contribution in [-0.4, -0.2) is 21.3 Å². The van der Waals surface area contributed by atoms with E-state index < -0.39 is 5.92 Å². The maximum Gasteiger partial charge on any atom is 0.183 e. The fourth-order valence-corrected chi connectivity index (χ4v) is 2.74. The van der Waals surface area contributed by atoms with Crippen LogP contribution in [0.1, 0.15) is 39.6 Å². The van der Waals surface area contributed by atoms with E-state index in [1.54, 1.807) is 30.9 Å². The second-order valence-electron chi connectivity index (χ2n) is 4.44. The molecule has 0 fully saturated rings. The topological polar surface area (TPSA) is 52.0 Å². The summed E-state index contributed by atoms with van der Waals surface area (Å²) in [6, 6.07) is 3.57. The Balaban J connectivity index is 2.26. The summed E-state index contributed by atoms with van der Waals surface area (Å²) in [5.41, 5.74) is 1.31. The van der Waals surface area contributed by atoms with Crippen LogP contribution >= 0.6 is 11.3 Å². The molecule has 5 heteroatoms. The van der Waals surface area contributed by atoms with Crippen molar-refractivity contribution in [1.82, 2.24) is 9.78 Å². The summed E-state index contributed by atoms with van der Waals surface area (Å²) in [4.78, 5) is 25.2. The lowest BCUT2D eigenvalue weighted by Crippen LogP contribution is -2.21. The molecule has 0 radical (unpaired) electrons. The molecule has 0 N–H and O–H groups in total. The molecule has 0 saturated heterocycles. The van der Waals surface area contributed by atoms with Gasteiger partial charge in [0.2, 0.25) is 0 Å². The molecule has 0 amide bonds. The number of hydrogen-bond donors (Lipinski definition) is 0. The van der Waals surface area contributed by atoms with Crippen molar-refractivity contribution in [1.29, 1.82) is 0 Å². The number of carbonyl (C=O) groups is 2. The van der Waals surface area contributed by atoms with Crippen molar-refractivity contribution in [2.75, 3.05) is 0 Å². The van der Waals surface area contributed by atoms with Gasteiger partial charge in [-0.05, 0) is 24.8 Å². The number of carbonyl (C=O) groups excluding carboxylic acids is 2. The fourth-order valence-electron chi connectivity index (χ4n) is 1.99. The molecule has 0 bridgehead atoms. The predicted molar refractivity (Wildman–Crippen MR) is 74.7 cm³/mol. The van der Waals surface area contributed by atoms with Gasteiger partial charge in [-0.25, -0.2) is 0 Å². The van der Waals surface area contributed by atoms with Gasteiger partial charge in [-0.1, -0.05) is 13.0 Å². The number of aryl methyl sites for hydroxylation is 2. The van der Waals surface area contributed by atoms with E-state index in [1.807, 2.05) is 18.4 Å². The van der Waals surface area contributed by atoms with E-state index in [-0.39, 0.29) is 11.6 Å². The second kappa shape index (κ2) is 5.48. The average Bonchev–Trinajstić information content (AvgIpc) is 3.04. The lowest BCUT2D eigenvalue weighted by atomic mass is 9.94. The molecule has 2 heterocycles. The molecule has 2 rings (SSSR count). The third kappa shape index (κ3) is 2.66. The first-order chi connectivity index (χ1) is 9.04. The van der Waals surface area contributed by atoms with Crippen LogP contribution in [0.25, 0.3) is 0 Å². The molecule has 2 aromatic heterocycles. The van der Waals surface area contributed by atoms with E-state index in [0.29, 0.717) is 16.9 Å². The van der Waals surface area contributed by atoms with Crippen molar-refractivity contribution in [2.45, 2.75) is 20.3 Å². The van der Waals surface area contributed by atoms with Crippen molar-refractivity contribution >= 4 is 22.9 Å². The number of nitrogens with zero attached hydrogens (tertiary/aromatic N) is 2. The molecule has 0 saturated carbocycles. The SMILES string of the molecule is CCc1nn(C)cc1C(=O)C(C)C(=O)c1cccs1. The largest absolute Gasteiger partial charge is 0.293 e. The molecule has 0 aliphatic carbocycles. The van der Waals surface area contributed by atoms with Crippen LogP contribution in [0.2, 0.25) is 0 Å². The molecule has 100 valence electrons. The number of aromatic nitrogens is 2. The summed E-state index contributed by atoms with van der Waals surface area (Å²) in [5.74, 6) is -0.928. The van der Waals surface area contributed by atoms with Gasteiger partial charge in [-0.3, -0.25) is 14.3 Å². The number of hydrogen-bond acceptors (Lipinski definition) is 4. The summed E-state index contributed by atoms with van der Waals surface area (Å²) >= 11 is 1.36. The van der Waals surface area contributed by atoms with Crippen LogP contribution in [-0.2, 0) is 13.5 Å². The standard InChI is InChI=1S/C14H16N2O2S/c1-4-11-10(8-16(3)15-11)13(17)9(2)14(18)12-6-5-7-19-12/h5-9H,4H2,1-3H3. The van der Waals surface area contributed by atoms with Crippen molar-refractivity contribution in [3.05, 3.63) is 39.8 Å². The normalized spacial score (nSPS) is 12.4. The van der Waals surface area contributed by atoms with Crippen LogP contribution in [0.3, 0.4) is 0 Å². The van der Waals surface area contributed by atoms with Crippen LogP contribution in [0.15, 0.2) is 23.7 Å². The number of ketones is 2. The highest BCUT2D eigenvalue weighted by atomic mass is 32.1. The van der Waals surface area contributed by atoms with E-state index >= 15 is 0 Å². The lowest BCUT2D eigenvalue weighted by Gasteiger charge is -2.07. The van der Waals surface area contributed by atoms with Gasteiger partial charge in [0.25, 0.3) is 0 Å². The first-order valence-corrected chi connectivity index (χ1v) is 7.07. The Morgan fingerprint density at radius 1 is 1.42 bits per heavy atom. The van der Waals surface area contributed by atoms with Gasteiger partial charge in [-0.15, -0.1) is 11.3 Å². The Morgan fingerprint density at radius 2 is 2.16 bits per heavy atom. The molecule has 0 aromatic carbocycles. The molecule has 1 unspecified atom stereocenters. The lowest BCUT2D eigenvalue weighted by molar-refractivity contribution is 0.0822. The molecule has 0 aliphatic heterocycles. The summed E-state index contributed by atoms with van der Waals surface area (Å²) in [6.45, 7) is 3.61. The first-order valence-electron chi connectivity index (χ1n) is 6.19. The van der Waals surface area contributed by atoms with E-state index in [1.165, 1.54) is 11.3 Å². The molecule has 2 aromatic rings. The smallest absolute Gasteiger partial charge is 0.183 e. The minimum Gasteiger partial charge on any atom is -0.293 e. The van der Waals surface area contributed by atoms with Gasteiger partial charge < -0.3 is 0 Å². The molecular weight excluding hydrogens is 260 g/mol. The van der Waals surface area contributed by atoms with Gasteiger partial charge in [0.15, 0.2) is 11.6 Å². The maximum absolute atomic E-state index is 12.4. The van der Waals surface area contributed by atoms with E-state index in [4.69, 9.17) is 0 Å². The summed E-state index contributed by atoms with van der Waals surface area (Å²) in [7, 11) is 1.78. The molecule has 19 heavy (non-hydrogen) atoms. The third-order valence-electron chi connectivity index (χ3n) is 3.06. The van der Waals surface area contributed by atoms with Crippen molar-refractivity contribution in [3.8, 4) is 0 Å². The number of Topliss-reactive ketones (excluding diaryl/α,β-unsaturated/α-hetero) is 2. The Bertz CT molecular complexity index is 599. The van der Waals surface area contributed by atoms with E-state index in [0.717, 1.165) is 5.69 Å². The summed E-state index contributed by atoms with van der Waals surface area (Å²) in [6.07, 6.45) is 2.38. The van der Waals surface area contributed by atoms with Gasteiger partial charge >= 0.3 is 0 Å². The maximum atomic E-state index is 12.4. The third-order valence-corrected chi connectivity index (χ3v) is 3.94. The van der Waals surface area contributed by atoms with E-state index in [2.05, 4.69) is 5.10 Å². The molecule has 0 spiro atoms. The van der Waals surface area contributed by atoms with Crippen molar-refractivity contribution in [2.24, 2.45) is 13.0 Å². The Morgan fingerprint density at radius 3 is 2.74 bits per heavy atom. The zero-order chi connectivity index (χ0) is 14.0. The van der Waals surface area contributed by atoms with Gasteiger partial charge in [0, 0.05) is 13.2 Å². The molecule has 1 atom stereocenters. The fraction of sp³-hybridized carbons (Fsp3) is 0.357. The second-order valence-corrected chi connectivity index (χ2v) is 5.39. The van der Waals surface area contributed by atoms with Crippen LogP contribution < -0.4 is 0 Å². The monoisotopic (exact) mass is 276 g/mol. The van der Waals surface area contributed by atoms with Crippen LogP contribution in [0.4, 0.5) is 0 Å². The minimum atomic E-state index is -0.659. The van der Waals surface area contributed by atoms with Crippen molar-refractivity contribution < 1.29 is 9.59 Å². The van der Waals surface area contributed by atoms with Gasteiger partial charge in [0.05, 0.1) is 22.1 Å². The van der Waals surface area contributed by atoms with Crippen molar-refractivity contribution in [3.63, 3.8) is 0 Å². The molecular formula is C14H16N2O2S. The summed E-state index contributed by atoms with van der Waals surface area (Å²) in [5, 5.41) is 6.08. The number of rotatable bonds is 5. The quantitative estimate of drug-likeness (QED) is 0.623. The molecule has 0 aliphatic rings. The first kappa shape index (κ1) is 13.7. The Hall–Kier alpha value is -1.75. The number of thiophene rings is 1. The zero-order valence-corrected chi connectivity index (χ0v) is 12.0. The average molecular weight is 276 g/mol. The van der Waals surface area contributed by atoms with Crippen LogP contribution in [0.5, 0.6) is 0 Å². The van der Waals surface area contributed by atoms with E-state index in [9.17, 15) is 9.59 Å². The minimum absolute atomic E-state index is 0.120. The Kier molecular flexibility index (Phi) is 3.95. The molecule has 4 nitrogen and oxygen atoms in total. The predicted octanol–water partition coefficient (Wildman–Crippen LogP) is 2.75.